The van der Waals surface area contributed by atoms with Crippen molar-refractivity contribution in [1.29, 1.82) is 0 Å². The highest BCUT2D eigenvalue weighted by atomic mass is 32.2. The number of carbonyl (C=O) groups is 1. The van der Waals surface area contributed by atoms with Gasteiger partial charge in [0.05, 0.1) is 12.5 Å². The van der Waals surface area contributed by atoms with Crippen molar-refractivity contribution in [3.63, 3.8) is 0 Å². The van der Waals surface area contributed by atoms with Crippen molar-refractivity contribution >= 4 is 17.7 Å². The number of nitrogens with one attached hydrogen (secondary N) is 1. The molecule has 2 atom stereocenters. The molecule has 0 aliphatic carbocycles. The summed E-state index contributed by atoms with van der Waals surface area (Å²) in [6.07, 6.45) is 0. The SMILES string of the molecule is COc1cc([C@@H]2NC[C@H](C(=O)O)S2)ccc1OCc1ccc(F)cc1. The number of carboxylic acids is 1. The van der Waals surface area contributed by atoms with Gasteiger partial charge < -0.3 is 14.6 Å². The van der Waals surface area contributed by atoms with E-state index >= 15 is 0 Å². The lowest BCUT2D eigenvalue weighted by atomic mass is 10.2. The predicted molar refractivity (Wildman–Crippen MR) is 93.5 cm³/mol. The lowest BCUT2D eigenvalue weighted by Gasteiger charge is -2.15. The molecule has 5 nitrogen and oxygen atoms in total. The van der Waals surface area contributed by atoms with Gasteiger partial charge in [-0.25, -0.2) is 4.39 Å². The number of halogens is 1. The van der Waals surface area contributed by atoms with Gasteiger partial charge in [-0.1, -0.05) is 18.2 Å². The van der Waals surface area contributed by atoms with E-state index in [0.29, 0.717) is 24.7 Å². The van der Waals surface area contributed by atoms with Crippen molar-refractivity contribution in [2.24, 2.45) is 0 Å². The maximum Gasteiger partial charge on any atom is 0.318 e. The minimum atomic E-state index is -0.814. The summed E-state index contributed by atoms with van der Waals surface area (Å²) in [6, 6.07) is 11.6. The van der Waals surface area contributed by atoms with E-state index in [0.717, 1.165) is 11.1 Å². The van der Waals surface area contributed by atoms with Crippen molar-refractivity contribution in [1.82, 2.24) is 5.32 Å². The Morgan fingerprint density at radius 2 is 2.04 bits per heavy atom. The Balaban J connectivity index is 1.69. The Morgan fingerprint density at radius 3 is 2.68 bits per heavy atom. The number of rotatable bonds is 6. The van der Waals surface area contributed by atoms with Crippen molar-refractivity contribution in [2.75, 3.05) is 13.7 Å². The molecule has 2 aromatic carbocycles. The quantitative estimate of drug-likeness (QED) is 0.822. The van der Waals surface area contributed by atoms with E-state index in [2.05, 4.69) is 5.32 Å². The minimum absolute atomic E-state index is 0.0962. The number of benzene rings is 2. The third kappa shape index (κ3) is 4.24. The van der Waals surface area contributed by atoms with Crippen LogP contribution < -0.4 is 14.8 Å². The lowest BCUT2D eigenvalue weighted by molar-refractivity contribution is -0.136. The summed E-state index contributed by atoms with van der Waals surface area (Å²) in [5, 5.41) is 11.7. The van der Waals surface area contributed by atoms with Gasteiger partial charge in [0.15, 0.2) is 11.5 Å². The molecule has 0 aromatic heterocycles. The first-order valence-corrected chi connectivity index (χ1v) is 8.68. The van der Waals surface area contributed by atoms with Gasteiger partial charge in [0.2, 0.25) is 0 Å². The largest absolute Gasteiger partial charge is 0.493 e. The topological polar surface area (TPSA) is 67.8 Å². The van der Waals surface area contributed by atoms with E-state index in [4.69, 9.17) is 14.6 Å². The standard InChI is InChI=1S/C18H18FNO4S/c1-23-15-8-12(17-20-9-16(25-17)18(21)22)4-7-14(15)24-10-11-2-5-13(19)6-3-11/h2-8,16-17,20H,9-10H2,1H3,(H,21,22)/t16-,17-/m1/s1. The van der Waals surface area contributed by atoms with Crippen molar-refractivity contribution in [3.8, 4) is 11.5 Å². The zero-order valence-corrected chi connectivity index (χ0v) is 14.4. The molecule has 1 aliphatic heterocycles. The van der Waals surface area contributed by atoms with Crippen molar-refractivity contribution in [2.45, 2.75) is 17.2 Å². The molecule has 3 rings (SSSR count). The van der Waals surface area contributed by atoms with Crippen LogP contribution in [0.3, 0.4) is 0 Å². The fraction of sp³-hybridized carbons (Fsp3) is 0.278. The van der Waals surface area contributed by atoms with Crippen LogP contribution in [0.5, 0.6) is 11.5 Å². The fourth-order valence-electron chi connectivity index (χ4n) is 2.52. The van der Waals surface area contributed by atoms with Gasteiger partial charge in [0.25, 0.3) is 0 Å². The van der Waals surface area contributed by atoms with E-state index in [9.17, 15) is 9.18 Å². The number of ether oxygens (including phenoxy) is 2. The number of methoxy groups -OCH3 is 1. The van der Waals surface area contributed by atoms with Gasteiger partial charge in [0.1, 0.15) is 17.7 Å². The third-order valence-electron chi connectivity index (χ3n) is 3.86. The van der Waals surface area contributed by atoms with Gasteiger partial charge in [0, 0.05) is 6.54 Å². The summed E-state index contributed by atoms with van der Waals surface area (Å²) in [4.78, 5) is 11.1. The summed E-state index contributed by atoms with van der Waals surface area (Å²) in [6.45, 7) is 0.725. The van der Waals surface area contributed by atoms with Gasteiger partial charge in [-0.05, 0) is 35.4 Å². The number of carboxylic acid groups (broad SMARTS) is 1. The molecular weight excluding hydrogens is 345 g/mol. The van der Waals surface area contributed by atoms with Gasteiger partial charge >= 0.3 is 5.97 Å². The molecule has 0 bridgehead atoms. The summed E-state index contributed by atoms with van der Waals surface area (Å²) in [7, 11) is 1.55. The molecule has 1 aliphatic rings. The van der Waals surface area contributed by atoms with Crippen LogP contribution in [-0.2, 0) is 11.4 Å². The van der Waals surface area contributed by atoms with Crippen molar-refractivity contribution < 1.29 is 23.8 Å². The number of hydrogen-bond donors (Lipinski definition) is 2. The molecule has 0 amide bonds. The first kappa shape index (κ1) is 17.6. The molecule has 0 saturated carbocycles. The second kappa shape index (κ2) is 7.76. The summed E-state index contributed by atoms with van der Waals surface area (Å²) >= 11 is 1.37. The van der Waals surface area contributed by atoms with E-state index in [-0.39, 0.29) is 11.2 Å². The average Bonchev–Trinajstić information content (AvgIpc) is 3.11. The molecule has 0 radical (unpaired) electrons. The lowest BCUT2D eigenvalue weighted by Crippen LogP contribution is -2.21. The van der Waals surface area contributed by atoms with E-state index < -0.39 is 11.2 Å². The van der Waals surface area contributed by atoms with E-state index in [1.807, 2.05) is 12.1 Å². The zero-order valence-electron chi connectivity index (χ0n) is 13.6. The number of hydrogen-bond acceptors (Lipinski definition) is 5. The number of thioether (sulfide) groups is 1. The van der Waals surface area contributed by atoms with Crippen molar-refractivity contribution in [3.05, 3.63) is 59.4 Å². The van der Waals surface area contributed by atoms with Crippen LogP contribution in [0, 0.1) is 5.82 Å². The van der Waals surface area contributed by atoms with Crippen LogP contribution >= 0.6 is 11.8 Å². The monoisotopic (exact) mass is 363 g/mol. The van der Waals surface area contributed by atoms with Gasteiger partial charge in [-0.2, -0.15) is 0 Å². The molecule has 2 N–H and O–H groups in total. The maximum absolute atomic E-state index is 12.9. The van der Waals surface area contributed by atoms with E-state index in [1.165, 1.54) is 23.9 Å². The molecule has 0 spiro atoms. The Kier molecular flexibility index (Phi) is 5.45. The molecule has 25 heavy (non-hydrogen) atoms. The summed E-state index contributed by atoms with van der Waals surface area (Å²) < 4.78 is 24.1. The Morgan fingerprint density at radius 1 is 1.28 bits per heavy atom. The normalized spacial score (nSPS) is 19.6. The highest BCUT2D eigenvalue weighted by Crippen LogP contribution is 2.38. The highest BCUT2D eigenvalue weighted by molar-refractivity contribution is 8.01. The molecular formula is C18H18FNO4S. The van der Waals surface area contributed by atoms with Crippen LogP contribution in [0.4, 0.5) is 4.39 Å². The Hall–Kier alpha value is -2.25. The first-order valence-electron chi connectivity index (χ1n) is 7.73. The smallest absolute Gasteiger partial charge is 0.318 e. The summed E-state index contributed by atoms with van der Waals surface area (Å²) in [5.41, 5.74) is 1.78. The first-order chi connectivity index (χ1) is 12.1. The minimum Gasteiger partial charge on any atom is -0.493 e. The molecule has 0 unspecified atom stereocenters. The van der Waals surface area contributed by atoms with Crippen LogP contribution in [0.25, 0.3) is 0 Å². The molecule has 7 heteroatoms. The van der Waals surface area contributed by atoms with Gasteiger partial charge in [-0.15, -0.1) is 11.8 Å². The molecule has 1 heterocycles. The highest BCUT2D eigenvalue weighted by Gasteiger charge is 2.31. The molecule has 132 valence electrons. The molecule has 2 aromatic rings. The van der Waals surface area contributed by atoms with Crippen LogP contribution in [0.2, 0.25) is 0 Å². The average molecular weight is 363 g/mol. The Bertz CT molecular complexity index is 753. The second-order valence-electron chi connectivity index (χ2n) is 5.58. The second-order valence-corrected chi connectivity index (χ2v) is 6.89. The molecule has 1 fully saturated rings. The fourth-order valence-corrected chi connectivity index (χ4v) is 3.66. The molecule has 1 saturated heterocycles. The maximum atomic E-state index is 12.9. The predicted octanol–water partition coefficient (Wildman–Crippen LogP) is 3.20. The van der Waals surface area contributed by atoms with Crippen LogP contribution in [0.15, 0.2) is 42.5 Å². The third-order valence-corrected chi connectivity index (χ3v) is 5.27. The van der Waals surface area contributed by atoms with Gasteiger partial charge in [-0.3, -0.25) is 10.1 Å². The van der Waals surface area contributed by atoms with Crippen LogP contribution in [0.1, 0.15) is 16.5 Å². The number of aliphatic carboxylic acids is 1. The Labute approximate surface area is 149 Å². The van der Waals surface area contributed by atoms with E-state index in [1.54, 1.807) is 25.3 Å². The summed E-state index contributed by atoms with van der Waals surface area (Å²) in [5.74, 6) is 0.0484. The zero-order chi connectivity index (χ0) is 17.8. The van der Waals surface area contributed by atoms with Crippen LogP contribution in [-0.4, -0.2) is 30.0 Å².